The van der Waals surface area contributed by atoms with Gasteiger partial charge in [0.1, 0.15) is 0 Å². The van der Waals surface area contributed by atoms with Gasteiger partial charge >= 0.3 is 0 Å². The third-order valence-corrected chi connectivity index (χ3v) is 4.35. The molecule has 2 aliphatic rings. The zero-order valence-electron chi connectivity index (χ0n) is 10.9. The van der Waals surface area contributed by atoms with E-state index in [1.54, 1.807) is 17.3 Å². The molecular formula is C14H16ClF2N3. The maximum Gasteiger partial charge on any atom is 0.255 e. The van der Waals surface area contributed by atoms with E-state index < -0.39 is 12.0 Å². The maximum absolute atomic E-state index is 12.6. The summed E-state index contributed by atoms with van der Waals surface area (Å²) in [5.41, 5.74) is 7.74. The molecule has 3 rings (SSSR count). The lowest BCUT2D eigenvalue weighted by Gasteiger charge is -2.44. The average Bonchev–Trinajstić information content (AvgIpc) is 2.62. The summed E-state index contributed by atoms with van der Waals surface area (Å²) in [6.45, 7) is -0.208. The van der Waals surface area contributed by atoms with Gasteiger partial charge in [-0.15, -0.1) is 0 Å². The van der Waals surface area contributed by atoms with Gasteiger partial charge in [0.15, 0.2) is 0 Å². The van der Waals surface area contributed by atoms with Gasteiger partial charge in [-0.3, -0.25) is 4.98 Å². The molecule has 2 bridgehead atoms. The highest BCUT2D eigenvalue weighted by Gasteiger charge is 2.43. The molecule has 108 valence electrons. The number of alkyl halides is 2. The summed E-state index contributed by atoms with van der Waals surface area (Å²) in [7, 11) is 0. The molecule has 3 heterocycles. The van der Waals surface area contributed by atoms with Gasteiger partial charge in [0, 0.05) is 36.1 Å². The molecule has 0 aromatic carbocycles. The number of nitrogens with zero attached hydrogens (tertiary/aromatic N) is 2. The van der Waals surface area contributed by atoms with Crippen LogP contribution in [0.1, 0.15) is 24.8 Å². The summed E-state index contributed by atoms with van der Waals surface area (Å²) in [6.07, 6.45) is 4.97. The third kappa shape index (κ3) is 2.40. The standard InChI is InChI=1S/C14H16ClF2N3/c15-10-3-9(6-19-7-10)14(18)4-11-1-2-12(5-14)20(11)8-13(16)17/h1,3,6-7,12-13H,2,4-5,8,18H2/t12-,14-/m0/s1. The first kappa shape index (κ1) is 13.8. The van der Waals surface area contributed by atoms with Crippen molar-refractivity contribution >= 4 is 11.6 Å². The van der Waals surface area contributed by atoms with Crippen LogP contribution < -0.4 is 5.73 Å². The molecule has 0 spiro atoms. The maximum atomic E-state index is 12.6. The Labute approximate surface area is 121 Å². The number of nitrogens with two attached hydrogens (primary N) is 1. The summed E-state index contributed by atoms with van der Waals surface area (Å²) < 4.78 is 25.3. The van der Waals surface area contributed by atoms with Crippen LogP contribution in [0.2, 0.25) is 5.02 Å². The molecule has 2 N–H and O–H groups in total. The molecule has 3 nitrogen and oxygen atoms in total. The van der Waals surface area contributed by atoms with Gasteiger partial charge in [-0.05, 0) is 24.5 Å². The van der Waals surface area contributed by atoms with Gasteiger partial charge in [-0.25, -0.2) is 8.78 Å². The van der Waals surface area contributed by atoms with E-state index in [0.717, 1.165) is 17.7 Å². The summed E-state index contributed by atoms with van der Waals surface area (Å²) in [6, 6.07) is 1.87. The molecule has 20 heavy (non-hydrogen) atoms. The fourth-order valence-electron chi connectivity index (χ4n) is 3.25. The third-order valence-electron chi connectivity index (χ3n) is 4.15. The normalized spacial score (nSPS) is 28.9. The Balaban J connectivity index is 1.85. The van der Waals surface area contributed by atoms with Crippen LogP contribution in [0.4, 0.5) is 8.78 Å². The van der Waals surface area contributed by atoms with Crippen molar-refractivity contribution in [3.63, 3.8) is 0 Å². The van der Waals surface area contributed by atoms with Crippen molar-refractivity contribution in [2.24, 2.45) is 5.73 Å². The molecule has 0 saturated carbocycles. The molecule has 0 radical (unpaired) electrons. The number of fused-ring (bicyclic) bond motifs is 2. The minimum atomic E-state index is -2.32. The minimum Gasteiger partial charge on any atom is -0.366 e. The number of hydrogen-bond acceptors (Lipinski definition) is 3. The van der Waals surface area contributed by atoms with Crippen LogP contribution in [0.25, 0.3) is 0 Å². The number of hydrogen-bond donors (Lipinski definition) is 1. The first-order valence-electron chi connectivity index (χ1n) is 6.62. The van der Waals surface area contributed by atoms with Crippen LogP contribution >= 0.6 is 11.6 Å². The number of halogens is 3. The smallest absolute Gasteiger partial charge is 0.255 e. The SMILES string of the molecule is N[C@@]1(c2cncc(Cl)c2)CC2=CC[C@@H](C1)N2CC(F)F. The van der Waals surface area contributed by atoms with E-state index in [2.05, 4.69) is 4.98 Å². The molecule has 0 unspecified atom stereocenters. The Kier molecular flexibility index (Phi) is 3.42. The summed E-state index contributed by atoms with van der Waals surface area (Å²) in [5, 5.41) is 0.545. The first-order chi connectivity index (χ1) is 9.48. The van der Waals surface area contributed by atoms with Crippen molar-refractivity contribution in [3.8, 4) is 0 Å². The van der Waals surface area contributed by atoms with Crippen molar-refractivity contribution in [3.05, 3.63) is 40.8 Å². The summed E-state index contributed by atoms with van der Waals surface area (Å²) >= 11 is 5.97. The lowest BCUT2D eigenvalue weighted by atomic mass is 9.79. The second-order valence-corrected chi connectivity index (χ2v) is 5.99. The van der Waals surface area contributed by atoms with E-state index in [0.29, 0.717) is 17.9 Å². The Morgan fingerprint density at radius 1 is 1.50 bits per heavy atom. The lowest BCUT2D eigenvalue weighted by Crippen LogP contribution is -2.50. The van der Waals surface area contributed by atoms with E-state index in [9.17, 15) is 8.78 Å². The van der Waals surface area contributed by atoms with Gasteiger partial charge in [-0.2, -0.15) is 0 Å². The molecule has 0 amide bonds. The van der Waals surface area contributed by atoms with Gasteiger partial charge in [-0.1, -0.05) is 17.7 Å². The molecule has 0 aliphatic carbocycles. The largest absolute Gasteiger partial charge is 0.366 e. The fourth-order valence-corrected chi connectivity index (χ4v) is 3.43. The molecule has 1 saturated heterocycles. The van der Waals surface area contributed by atoms with Crippen molar-refractivity contribution < 1.29 is 8.78 Å². The molecule has 1 aromatic rings. The molecule has 1 fully saturated rings. The highest BCUT2D eigenvalue weighted by atomic mass is 35.5. The number of piperidine rings is 1. The van der Waals surface area contributed by atoms with Crippen molar-refractivity contribution in [2.45, 2.75) is 37.3 Å². The van der Waals surface area contributed by atoms with Crippen LogP contribution in [0.15, 0.2) is 30.2 Å². The highest BCUT2D eigenvalue weighted by Crippen LogP contribution is 2.44. The van der Waals surface area contributed by atoms with Gasteiger partial charge in [0.05, 0.1) is 11.6 Å². The number of rotatable bonds is 3. The molecule has 2 aliphatic heterocycles. The Hall–Kier alpha value is -1.20. The second-order valence-electron chi connectivity index (χ2n) is 5.56. The quantitative estimate of drug-likeness (QED) is 0.933. The highest BCUT2D eigenvalue weighted by molar-refractivity contribution is 6.30. The zero-order chi connectivity index (χ0) is 14.3. The van der Waals surface area contributed by atoms with Gasteiger partial charge < -0.3 is 10.6 Å². The number of pyridine rings is 1. The van der Waals surface area contributed by atoms with E-state index in [1.165, 1.54) is 0 Å². The summed E-state index contributed by atoms with van der Waals surface area (Å²) in [5.74, 6) is 0. The van der Waals surface area contributed by atoms with E-state index in [1.807, 2.05) is 12.1 Å². The Bertz CT molecular complexity index is 549. The summed E-state index contributed by atoms with van der Waals surface area (Å²) in [4.78, 5) is 5.88. The topological polar surface area (TPSA) is 42.1 Å². The lowest BCUT2D eigenvalue weighted by molar-refractivity contribution is 0.0651. The first-order valence-corrected chi connectivity index (χ1v) is 6.99. The van der Waals surface area contributed by atoms with Crippen LogP contribution in [-0.2, 0) is 5.54 Å². The second kappa shape index (κ2) is 4.97. The minimum absolute atomic E-state index is 0.0525. The monoisotopic (exact) mass is 299 g/mol. The number of aromatic nitrogens is 1. The van der Waals surface area contributed by atoms with Crippen LogP contribution in [-0.4, -0.2) is 28.9 Å². The molecule has 1 aromatic heterocycles. The zero-order valence-corrected chi connectivity index (χ0v) is 11.7. The van der Waals surface area contributed by atoms with E-state index in [4.69, 9.17) is 17.3 Å². The molecular weight excluding hydrogens is 284 g/mol. The molecule has 6 heteroatoms. The Morgan fingerprint density at radius 3 is 2.95 bits per heavy atom. The van der Waals surface area contributed by atoms with Gasteiger partial charge in [0.2, 0.25) is 0 Å². The van der Waals surface area contributed by atoms with Crippen LogP contribution in [0, 0.1) is 0 Å². The fraction of sp³-hybridized carbons (Fsp3) is 0.500. The average molecular weight is 300 g/mol. The van der Waals surface area contributed by atoms with Crippen LogP contribution in [0.5, 0.6) is 0 Å². The van der Waals surface area contributed by atoms with Crippen molar-refractivity contribution in [2.75, 3.05) is 6.54 Å². The van der Waals surface area contributed by atoms with Crippen LogP contribution in [0.3, 0.4) is 0 Å². The van der Waals surface area contributed by atoms with Gasteiger partial charge in [0.25, 0.3) is 6.43 Å². The molecule has 2 atom stereocenters. The van der Waals surface area contributed by atoms with E-state index in [-0.39, 0.29) is 12.6 Å². The van der Waals surface area contributed by atoms with E-state index >= 15 is 0 Å². The Morgan fingerprint density at radius 2 is 2.30 bits per heavy atom. The van der Waals surface area contributed by atoms with Crippen molar-refractivity contribution in [1.29, 1.82) is 0 Å². The predicted molar refractivity (Wildman–Crippen MR) is 73.5 cm³/mol. The predicted octanol–water partition coefficient (Wildman–Crippen LogP) is 2.91. The van der Waals surface area contributed by atoms with Crippen molar-refractivity contribution in [1.82, 2.24) is 9.88 Å².